The summed E-state index contributed by atoms with van der Waals surface area (Å²) in [4.78, 5) is 18.7. The highest BCUT2D eigenvalue weighted by atomic mass is 127. The van der Waals surface area contributed by atoms with Crippen molar-refractivity contribution in [3.8, 4) is 0 Å². The van der Waals surface area contributed by atoms with E-state index in [2.05, 4.69) is 58.9 Å². The first-order valence-electron chi connectivity index (χ1n) is 9.81. The van der Waals surface area contributed by atoms with Gasteiger partial charge in [-0.2, -0.15) is 0 Å². The van der Waals surface area contributed by atoms with Gasteiger partial charge < -0.3 is 15.5 Å². The molecule has 1 aromatic carbocycles. The Bertz CT molecular complexity index is 645. The maximum atomic E-state index is 11.7. The quantitative estimate of drug-likeness (QED) is 0.283. The lowest BCUT2D eigenvalue weighted by molar-refractivity contribution is -0.122. The Balaban J connectivity index is 0.00000261. The van der Waals surface area contributed by atoms with Gasteiger partial charge in [0.15, 0.2) is 5.96 Å². The zero-order chi connectivity index (χ0) is 18.2. The van der Waals surface area contributed by atoms with Crippen molar-refractivity contribution < 1.29 is 4.79 Å². The third-order valence-electron chi connectivity index (χ3n) is 4.83. The van der Waals surface area contributed by atoms with Crippen LogP contribution >= 0.6 is 24.0 Å². The molecule has 0 bridgehead atoms. The summed E-state index contributed by atoms with van der Waals surface area (Å²) in [7, 11) is 0. The first-order valence-corrected chi connectivity index (χ1v) is 9.81. The number of hydrogen-bond donors (Lipinski definition) is 2. The molecule has 3 rings (SSSR count). The third kappa shape index (κ3) is 7.16. The summed E-state index contributed by atoms with van der Waals surface area (Å²) in [5.41, 5.74) is 2.78. The summed E-state index contributed by atoms with van der Waals surface area (Å²) in [6, 6.07) is 10.5. The summed E-state index contributed by atoms with van der Waals surface area (Å²) < 4.78 is 0. The van der Waals surface area contributed by atoms with Crippen LogP contribution in [-0.4, -0.2) is 49.5 Å². The van der Waals surface area contributed by atoms with E-state index in [4.69, 9.17) is 4.99 Å². The Labute approximate surface area is 179 Å². The molecule has 5 nitrogen and oxygen atoms in total. The van der Waals surface area contributed by atoms with Crippen LogP contribution in [0.15, 0.2) is 40.9 Å². The Morgan fingerprint density at radius 1 is 1.19 bits per heavy atom. The Morgan fingerprint density at radius 3 is 2.52 bits per heavy atom. The summed E-state index contributed by atoms with van der Waals surface area (Å²) in [5, 5.41) is 6.36. The van der Waals surface area contributed by atoms with Crippen LogP contribution in [-0.2, 0) is 4.79 Å². The number of carbonyl (C=O) groups excluding carboxylic acids is 1. The average Bonchev–Trinajstić information content (AvgIpc) is 3.51. The highest BCUT2D eigenvalue weighted by Gasteiger charge is 2.29. The van der Waals surface area contributed by atoms with Crippen LogP contribution in [0.4, 0.5) is 0 Å². The molecule has 0 aromatic heterocycles. The molecular weight excluding hydrogens is 451 g/mol. The molecule has 0 unspecified atom stereocenters. The van der Waals surface area contributed by atoms with Crippen LogP contribution in [0.1, 0.15) is 38.2 Å². The van der Waals surface area contributed by atoms with Gasteiger partial charge in [0.05, 0.1) is 6.54 Å². The maximum Gasteiger partial charge on any atom is 0.223 e. The van der Waals surface area contributed by atoms with E-state index in [1.807, 2.05) is 0 Å². The standard InChI is InChI=1S/C21H30N4O.HI/c1-2-22-21(24-13-12-23-20(26)19-8-9-19)25-14-10-18(11-15-25)16-17-6-4-3-5-7-17;/h3-7,16,19H,2,8-15H2,1H3,(H,22,24)(H,23,26);1H. The van der Waals surface area contributed by atoms with E-state index in [9.17, 15) is 4.79 Å². The van der Waals surface area contributed by atoms with E-state index < -0.39 is 0 Å². The van der Waals surface area contributed by atoms with Crippen molar-refractivity contribution in [2.45, 2.75) is 32.6 Å². The van der Waals surface area contributed by atoms with Crippen LogP contribution in [0.2, 0.25) is 0 Å². The second-order valence-corrected chi connectivity index (χ2v) is 7.00. The molecule has 27 heavy (non-hydrogen) atoms. The molecule has 0 atom stereocenters. The molecule has 148 valence electrons. The minimum atomic E-state index is 0. The molecule has 1 heterocycles. The molecule has 0 spiro atoms. The first-order chi connectivity index (χ1) is 12.8. The van der Waals surface area contributed by atoms with Gasteiger partial charge in [0.25, 0.3) is 0 Å². The molecule has 1 aromatic rings. The normalized spacial score (nSPS) is 17.1. The number of carbonyl (C=O) groups is 1. The predicted octanol–water partition coefficient (Wildman–Crippen LogP) is 3.28. The molecule has 1 amide bonds. The Kier molecular flexibility index (Phi) is 9.10. The minimum absolute atomic E-state index is 0. The van der Waals surface area contributed by atoms with Crippen LogP contribution in [0.3, 0.4) is 0 Å². The number of benzene rings is 1. The van der Waals surface area contributed by atoms with Crippen molar-refractivity contribution in [3.05, 3.63) is 41.5 Å². The fourth-order valence-electron chi connectivity index (χ4n) is 3.19. The number of guanidine groups is 1. The van der Waals surface area contributed by atoms with Gasteiger partial charge in [-0.3, -0.25) is 9.79 Å². The van der Waals surface area contributed by atoms with Crippen molar-refractivity contribution in [2.24, 2.45) is 10.9 Å². The molecule has 1 saturated carbocycles. The van der Waals surface area contributed by atoms with Gasteiger partial charge in [-0.15, -0.1) is 24.0 Å². The molecule has 2 aliphatic rings. The molecule has 6 heteroatoms. The van der Waals surface area contributed by atoms with Crippen molar-refractivity contribution in [2.75, 3.05) is 32.7 Å². The summed E-state index contributed by atoms with van der Waals surface area (Å²) in [6.07, 6.45) is 6.54. The monoisotopic (exact) mass is 482 g/mol. The van der Waals surface area contributed by atoms with Gasteiger partial charge in [0.2, 0.25) is 5.91 Å². The van der Waals surface area contributed by atoms with Crippen molar-refractivity contribution in [3.63, 3.8) is 0 Å². The largest absolute Gasteiger partial charge is 0.357 e. The van der Waals surface area contributed by atoms with Gasteiger partial charge >= 0.3 is 0 Å². The van der Waals surface area contributed by atoms with Gasteiger partial charge in [0.1, 0.15) is 0 Å². The van der Waals surface area contributed by atoms with E-state index in [1.54, 1.807) is 0 Å². The van der Waals surface area contributed by atoms with Gasteiger partial charge in [0, 0.05) is 32.1 Å². The van der Waals surface area contributed by atoms with Gasteiger partial charge in [-0.05, 0) is 38.2 Å². The highest BCUT2D eigenvalue weighted by Crippen LogP contribution is 2.28. The fraction of sp³-hybridized carbons (Fsp3) is 0.524. The van der Waals surface area contributed by atoms with Crippen LogP contribution in [0, 0.1) is 5.92 Å². The van der Waals surface area contributed by atoms with E-state index in [0.717, 1.165) is 51.3 Å². The molecule has 2 N–H and O–H groups in total. The second-order valence-electron chi connectivity index (χ2n) is 7.00. The summed E-state index contributed by atoms with van der Waals surface area (Å²) in [5.74, 6) is 1.43. The predicted molar refractivity (Wildman–Crippen MR) is 122 cm³/mol. The topological polar surface area (TPSA) is 56.7 Å². The zero-order valence-corrected chi connectivity index (χ0v) is 18.4. The first kappa shape index (κ1) is 21.7. The second kappa shape index (κ2) is 11.3. The van der Waals surface area contributed by atoms with Gasteiger partial charge in [-0.25, -0.2) is 0 Å². The lowest BCUT2D eigenvalue weighted by atomic mass is 10.0. The Hall–Kier alpha value is -1.57. The number of amides is 1. The number of nitrogens with one attached hydrogen (secondary N) is 2. The van der Waals surface area contributed by atoms with Gasteiger partial charge in [-0.1, -0.05) is 42.0 Å². The van der Waals surface area contributed by atoms with E-state index in [0.29, 0.717) is 13.1 Å². The number of likely N-dealkylation sites (tertiary alicyclic amines) is 1. The average molecular weight is 482 g/mol. The van der Waals surface area contributed by atoms with Crippen LogP contribution in [0.25, 0.3) is 6.08 Å². The lowest BCUT2D eigenvalue weighted by Crippen LogP contribution is -2.44. The molecule has 1 aliphatic carbocycles. The van der Waals surface area contributed by atoms with Crippen molar-refractivity contribution in [1.29, 1.82) is 0 Å². The third-order valence-corrected chi connectivity index (χ3v) is 4.83. The van der Waals surface area contributed by atoms with E-state index in [1.165, 1.54) is 11.1 Å². The number of nitrogens with zero attached hydrogens (tertiary/aromatic N) is 2. The smallest absolute Gasteiger partial charge is 0.223 e. The van der Waals surface area contributed by atoms with Crippen molar-refractivity contribution >= 4 is 41.9 Å². The maximum absolute atomic E-state index is 11.7. The fourth-order valence-corrected chi connectivity index (χ4v) is 3.19. The lowest BCUT2D eigenvalue weighted by Gasteiger charge is -2.31. The van der Waals surface area contributed by atoms with Crippen LogP contribution in [0.5, 0.6) is 0 Å². The number of rotatable bonds is 6. The SMILES string of the molecule is CCNC(=NCCNC(=O)C1CC1)N1CCC(=Cc2ccccc2)CC1.I. The molecule has 1 aliphatic heterocycles. The number of halogens is 1. The number of hydrogen-bond acceptors (Lipinski definition) is 2. The molecular formula is C21H31IN4O. The Morgan fingerprint density at radius 2 is 1.89 bits per heavy atom. The summed E-state index contributed by atoms with van der Waals surface area (Å²) in [6.45, 7) is 6.17. The number of piperidine rings is 1. The summed E-state index contributed by atoms with van der Waals surface area (Å²) >= 11 is 0. The molecule has 1 saturated heterocycles. The minimum Gasteiger partial charge on any atom is -0.357 e. The highest BCUT2D eigenvalue weighted by molar-refractivity contribution is 14.0. The number of aliphatic imine (C=N–C) groups is 1. The molecule has 2 fully saturated rings. The molecule has 0 radical (unpaired) electrons. The van der Waals surface area contributed by atoms with Crippen molar-refractivity contribution in [1.82, 2.24) is 15.5 Å². The van der Waals surface area contributed by atoms with E-state index in [-0.39, 0.29) is 35.8 Å². The van der Waals surface area contributed by atoms with E-state index >= 15 is 0 Å². The zero-order valence-electron chi connectivity index (χ0n) is 16.1. The van der Waals surface area contributed by atoms with Crippen LogP contribution < -0.4 is 10.6 Å².